The van der Waals surface area contributed by atoms with Crippen LogP contribution < -0.4 is 5.32 Å². The molecule has 3 aliphatic heterocycles. The summed E-state index contributed by atoms with van der Waals surface area (Å²) in [5.74, 6) is -0.236. The van der Waals surface area contributed by atoms with Gasteiger partial charge in [0.05, 0.1) is 38.6 Å². The predicted molar refractivity (Wildman–Crippen MR) is 337 cm³/mol. The molecule has 516 valence electrons. The average Bonchev–Trinajstić information content (AvgIpc) is 1.69. The lowest BCUT2D eigenvalue weighted by Gasteiger charge is -2.48. The number of unbranched alkanes of at least 4 members (excludes halogenated alkanes) is 40. The molecule has 3 fully saturated rings. The SMILES string of the molecule is CCCCCCCCCCCCCCCCCCCCCCCCCCCCCCCC(=O)NC(COC1OC(CO)C(OC2OC(CO)C(OC3OC(CO)C(O)C(O)C3O)C(O)C2O)C(O)C1O)C(O)CCCCCCCCCCCCCCC. The van der Waals surface area contributed by atoms with Gasteiger partial charge in [0, 0.05) is 6.42 Å². The number of hydrogen-bond acceptors (Lipinski definition) is 18. The predicted octanol–water partition coefficient (Wildman–Crippen LogP) is 9.50. The Labute approximate surface area is 525 Å². The number of nitrogens with one attached hydrogen (secondary N) is 1. The van der Waals surface area contributed by atoms with E-state index >= 15 is 0 Å². The summed E-state index contributed by atoms with van der Waals surface area (Å²) in [6, 6.07) is -0.881. The smallest absolute Gasteiger partial charge is 0.220 e. The van der Waals surface area contributed by atoms with E-state index in [9.17, 15) is 61.0 Å². The van der Waals surface area contributed by atoms with Crippen molar-refractivity contribution in [3.63, 3.8) is 0 Å². The molecule has 87 heavy (non-hydrogen) atoms. The molecule has 3 saturated heterocycles. The van der Waals surface area contributed by atoms with Crippen LogP contribution in [0.3, 0.4) is 0 Å². The van der Waals surface area contributed by atoms with Crippen molar-refractivity contribution in [2.75, 3.05) is 26.4 Å². The minimum absolute atomic E-state index is 0.236. The molecule has 3 heterocycles. The zero-order chi connectivity index (χ0) is 63.3. The Morgan fingerprint density at radius 3 is 1.00 bits per heavy atom. The van der Waals surface area contributed by atoms with Gasteiger partial charge in [-0.2, -0.15) is 0 Å². The summed E-state index contributed by atoms with van der Waals surface area (Å²) in [5, 5.41) is 121. The van der Waals surface area contributed by atoms with E-state index < -0.39 is 124 Å². The Bertz CT molecular complexity index is 1590. The van der Waals surface area contributed by atoms with Crippen molar-refractivity contribution in [2.45, 2.75) is 401 Å². The van der Waals surface area contributed by atoms with Crippen molar-refractivity contribution < 1.29 is 89.4 Å². The molecule has 0 aliphatic carbocycles. The quantitative estimate of drug-likeness (QED) is 0.0252. The van der Waals surface area contributed by atoms with Crippen LogP contribution in [-0.4, -0.2) is 193 Å². The summed E-state index contributed by atoms with van der Waals surface area (Å²) < 4.78 is 34.4. The maximum atomic E-state index is 13.4. The molecular formula is C68H131NO18. The van der Waals surface area contributed by atoms with Gasteiger partial charge in [0.25, 0.3) is 0 Å². The van der Waals surface area contributed by atoms with Crippen molar-refractivity contribution >= 4 is 5.91 Å². The van der Waals surface area contributed by atoms with Crippen LogP contribution >= 0.6 is 0 Å². The van der Waals surface area contributed by atoms with Crippen molar-refractivity contribution in [2.24, 2.45) is 0 Å². The molecule has 0 aromatic rings. The third kappa shape index (κ3) is 33.5. The molecule has 0 bridgehead atoms. The number of carbonyl (C=O) groups is 1. The van der Waals surface area contributed by atoms with Crippen LogP contribution in [-0.2, 0) is 33.2 Å². The fourth-order valence-corrected chi connectivity index (χ4v) is 12.6. The fourth-order valence-electron chi connectivity index (χ4n) is 12.6. The summed E-state index contributed by atoms with van der Waals surface area (Å²) >= 11 is 0. The number of aliphatic hydroxyl groups excluding tert-OH is 11. The Hall–Kier alpha value is -1.21. The molecule has 0 aromatic carbocycles. The molecule has 17 atom stereocenters. The van der Waals surface area contributed by atoms with Gasteiger partial charge in [0.1, 0.15) is 73.2 Å². The second-order valence-corrected chi connectivity index (χ2v) is 26.1. The monoisotopic (exact) mass is 1250 g/mol. The van der Waals surface area contributed by atoms with Crippen molar-refractivity contribution in [1.82, 2.24) is 5.32 Å². The summed E-state index contributed by atoms with van der Waals surface area (Å²) in [6.45, 7) is 1.83. The summed E-state index contributed by atoms with van der Waals surface area (Å²) in [4.78, 5) is 13.4. The summed E-state index contributed by atoms with van der Waals surface area (Å²) in [7, 11) is 0. The van der Waals surface area contributed by atoms with E-state index in [-0.39, 0.29) is 18.9 Å². The van der Waals surface area contributed by atoms with Crippen LogP contribution in [0.1, 0.15) is 296 Å². The Balaban J connectivity index is 1.36. The molecule has 3 aliphatic rings. The van der Waals surface area contributed by atoms with Crippen molar-refractivity contribution in [3.8, 4) is 0 Å². The lowest BCUT2D eigenvalue weighted by molar-refractivity contribution is -0.379. The Morgan fingerprint density at radius 1 is 0.368 bits per heavy atom. The third-order valence-electron chi connectivity index (χ3n) is 18.4. The standard InChI is InChI=1S/C68H131NO18/c1-3-5-7-9-11-13-15-17-18-19-20-21-22-23-24-25-26-27-28-29-30-31-32-34-36-38-40-42-44-46-56(74)69-51(52(73)45-43-41-39-37-35-33-16-14-12-10-8-6-4-2)50-82-66-62(80)59(77)64(54(48-71)84-66)87-68-63(81)60(78)65(55(49-72)85-68)86-67-61(79)58(76)57(75)53(47-70)83-67/h51-55,57-68,70-73,75-81H,3-50H2,1-2H3,(H,69,74). The summed E-state index contributed by atoms with van der Waals surface area (Å²) in [5.41, 5.74) is 0. The molecule has 1 amide bonds. The number of amides is 1. The van der Waals surface area contributed by atoms with Crippen LogP contribution in [0.25, 0.3) is 0 Å². The fraction of sp³-hybridized carbons (Fsp3) is 0.985. The zero-order valence-electron chi connectivity index (χ0n) is 54.5. The van der Waals surface area contributed by atoms with Crippen LogP contribution in [0.5, 0.6) is 0 Å². The normalized spacial score (nSPS) is 28.5. The van der Waals surface area contributed by atoms with Gasteiger partial charge in [0.2, 0.25) is 5.91 Å². The molecule has 12 N–H and O–H groups in total. The lowest BCUT2D eigenvalue weighted by atomic mass is 9.96. The van der Waals surface area contributed by atoms with Crippen LogP contribution in [0.4, 0.5) is 0 Å². The number of rotatable bonds is 56. The van der Waals surface area contributed by atoms with E-state index in [1.165, 1.54) is 218 Å². The van der Waals surface area contributed by atoms with Gasteiger partial charge in [-0.1, -0.05) is 277 Å². The second-order valence-electron chi connectivity index (χ2n) is 26.1. The molecule has 0 spiro atoms. The van der Waals surface area contributed by atoms with Gasteiger partial charge in [-0.3, -0.25) is 4.79 Å². The van der Waals surface area contributed by atoms with Crippen LogP contribution in [0, 0.1) is 0 Å². The second kappa shape index (κ2) is 51.2. The molecule has 0 saturated carbocycles. The largest absolute Gasteiger partial charge is 0.394 e. The van der Waals surface area contributed by atoms with E-state index in [0.29, 0.717) is 12.8 Å². The van der Waals surface area contributed by atoms with Crippen molar-refractivity contribution in [3.05, 3.63) is 0 Å². The van der Waals surface area contributed by atoms with E-state index in [4.69, 9.17) is 28.4 Å². The van der Waals surface area contributed by atoms with Gasteiger partial charge in [-0.15, -0.1) is 0 Å². The highest BCUT2D eigenvalue weighted by molar-refractivity contribution is 5.76. The third-order valence-corrected chi connectivity index (χ3v) is 18.4. The number of hydrogen-bond donors (Lipinski definition) is 12. The first-order valence-corrected chi connectivity index (χ1v) is 35.8. The van der Waals surface area contributed by atoms with Gasteiger partial charge in [-0.05, 0) is 12.8 Å². The summed E-state index contributed by atoms with van der Waals surface area (Å²) in [6.07, 6.45) is 27.8. The minimum Gasteiger partial charge on any atom is -0.394 e. The maximum absolute atomic E-state index is 13.4. The van der Waals surface area contributed by atoms with E-state index in [1.54, 1.807) is 0 Å². The Kier molecular flexibility index (Phi) is 47.1. The van der Waals surface area contributed by atoms with Gasteiger partial charge in [-0.25, -0.2) is 0 Å². The lowest BCUT2D eigenvalue weighted by Crippen LogP contribution is -2.66. The number of ether oxygens (including phenoxy) is 6. The molecule has 17 unspecified atom stereocenters. The number of aliphatic hydroxyl groups is 11. The van der Waals surface area contributed by atoms with Gasteiger partial charge in [0.15, 0.2) is 18.9 Å². The molecule has 0 radical (unpaired) electrons. The first-order chi connectivity index (χ1) is 42.3. The highest BCUT2D eigenvalue weighted by atomic mass is 16.8. The first kappa shape index (κ1) is 80.0. The van der Waals surface area contributed by atoms with Crippen molar-refractivity contribution in [1.29, 1.82) is 0 Å². The molecule has 3 rings (SSSR count). The molecular weight excluding hydrogens is 1120 g/mol. The van der Waals surface area contributed by atoms with E-state index in [1.807, 2.05) is 0 Å². The zero-order valence-corrected chi connectivity index (χ0v) is 54.5. The molecule has 19 nitrogen and oxygen atoms in total. The highest BCUT2D eigenvalue weighted by Gasteiger charge is 2.53. The molecule has 19 heteroatoms. The minimum atomic E-state index is -1.97. The Morgan fingerprint density at radius 2 is 0.655 bits per heavy atom. The average molecular weight is 1250 g/mol. The van der Waals surface area contributed by atoms with Gasteiger partial charge < -0.3 is 89.9 Å². The maximum Gasteiger partial charge on any atom is 0.220 e. The van der Waals surface area contributed by atoms with Gasteiger partial charge >= 0.3 is 0 Å². The number of carbonyl (C=O) groups excluding carboxylic acids is 1. The van der Waals surface area contributed by atoms with Crippen LogP contribution in [0.15, 0.2) is 0 Å². The first-order valence-electron chi connectivity index (χ1n) is 35.8. The van der Waals surface area contributed by atoms with E-state index in [0.717, 1.165) is 44.9 Å². The topological polar surface area (TPSA) is 307 Å². The highest BCUT2D eigenvalue weighted by Crippen LogP contribution is 2.33. The van der Waals surface area contributed by atoms with E-state index in [2.05, 4.69) is 19.2 Å². The molecule has 0 aromatic heterocycles. The van der Waals surface area contributed by atoms with Crippen LogP contribution in [0.2, 0.25) is 0 Å².